The minimum Gasteiger partial charge on any atom is -0.444 e. The summed E-state index contributed by atoms with van der Waals surface area (Å²) >= 11 is 0. The van der Waals surface area contributed by atoms with Gasteiger partial charge >= 0.3 is 12.1 Å². The lowest BCUT2D eigenvalue weighted by molar-refractivity contribution is -0.139. The summed E-state index contributed by atoms with van der Waals surface area (Å²) in [6.07, 6.45) is 0.634. The lowest BCUT2D eigenvalue weighted by Crippen LogP contribution is -2.38. The summed E-state index contributed by atoms with van der Waals surface area (Å²) in [6, 6.07) is 23.1. The largest absolute Gasteiger partial charge is 0.444 e. The molecule has 0 bridgehead atoms. The number of cyclic esters (lactones) is 1. The van der Waals surface area contributed by atoms with E-state index in [1.54, 1.807) is 0 Å². The van der Waals surface area contributed by atoms with Crippen LogP contribution in [0.15, 0.2) is 72.8 Å². The molecule has 0 N–H and O–H groups in total. The minimum atomic E-state index is -0.623. The van der Waals surface area contributed by atoms with Crippen molar-refractivity contribution in [2.75, 3.05) is 6.73 Å². The Morgan fingerprint density at radius 1 is 1.00 bits per heavy atom. The zero-order valence-electron chi connectivity index (χ0n) is 15.4. The van der Waals surface area contributed by atoms with Gasteiger partial charge in [-0.25, -0.2) is 9.59 Å². The molecule has 1 aliphatic heterocycles. The topological polar surface area (TPSA) is 55.8 Å². The molecule has 1 saturated heterocycles. The van der Waals surface area contributed by atoms with Crippen LogP contribution < -0.4 is 0 Å². The average Bonchev–Trinajstić information content (AvgIpc) is 3.11. The summed E-state index contributed by atoms with van der Waals surface area (Å²) in [7, 11) is 0. The van der Waals surface area contributed by atoms with Crippen molar-refractivity contribution in [1.82, 2.24) is 4.90 Å². The fourth-order valence-electron chi connectivity index (χ4n) is 3.51. The van der Waals surface area contributed by atoms with Crippen LogP contribution in [-0.4, -0.2) is 29.7 Å². The number of carbonyl (C=O) groups excluding carboxylic acids is 2. The molecule has 1 atom stereocenters. The van der Waals surface area contributed by atoms with Crippen LogP contribution in [0.4, 0.5) is 4.79 Å². The van der Waals surface area contributed by atoms with Gasteiger partial charge in [0.25, 0.3) is 0 Å². The normalized spacial score (nSPS) is 16.2. The molecule has 142 valence electrons. The lowest BCUT2D eigenvalue weighted by Gasteiger charge is -2.20. The van der Waals surface area contributed by atoms with E-state index < -0.39 is 12.1 Å². The number of hydrogen-bond donors (Lipinski definition) is 0. The fraction of sp³-hybridized carbons (Fsp3) is 0.217. The van der Waals surface area contributed by atoms with Crippen LogP contribution >= 0.6 is 0 Å². The molecule has 0 unspecified atom stereocenters. The third-order valence-electron chi connectivity index (χ3n) is 5.00. The quantitative estimate of drug-likeness (QED) is 0.624. The number of hydrogen-bond acceptors (Lipinski definition) is 4. The van der Waals surface area contributed by atoms with E-state index in [-0.39, 0.29) is 19.3 Å². The highest BCUT2D eigenvalue weighted by Crippen LogP contribution is 2.23. The molecule has 0 aliphatic carbocycles. The van der Waals surface area contributed by atoms with Crippen molar-refractivity contribution in [3.05, 3.63) is 83.9 Å². The Balaban J connectivity index is 1.42. The van der Waals surface area contributed by atoms with Crippen molar-refractivity contribution in [3.8, 4) is 0 Å². The highest BCUT2D eigenvalue weighted by molar-refractivity contribution is 5.86. The second kappa shape index (κ2) is 8.13. The van der Waals surface area contributed by atoms with E-state index in [1.807, 2.05) is 48.5 Å². The highest BCUT2D eigenvalue weighted by Gasteiger charge is 2.38. The Bertz CT molecular complexity index is 981. The number of benzene rings is 3. The number of amides is 1. The average molecular weight is 375 g/mol. The minimum absolute atomic E-state index is 0.0628. The maximum atomic E-state index is 12.5. The first-order valence-electron chi connectivity index (χ1n) is 9.33. The number of fused-ring (bicyclic) bond motifs is 1. The van der Waals surface area contributed by atoms with E-state index in [0.717, 1.165) is 21.9 Å². The first-order valence-corrected chi connectivity index (χ1v) is 9.33. The molecule has 4 rings (SSSR count). The summed E-state index contributed by atoms with van der Waals surface area (Å²) in [6.45, 7) is 0.104. The molecule has 3 aromatic rings. The van der Waals surface area contributed by atoms with E-state index in [9.17, 15) is 9.59 Å². The second-order valence-electron chi connectivity index (χ2n) is 6.80. The number of rotatable bonds is 5. The van der Waals surface area contributed by atoms with E-state index in [0.29, 0.717) is 12.8 Å². The second-order valence-corrected chi connectivity index (χ2v) is 6.80. The van der Waals surface area contributed by atoms with E-state index in [1.165, 1.54) is 4.90 Å². The Kier molecular flexibility index (Phi) is 5.24. The number of carbonyl (C=O) groups is 2. The molecule has 5 nitrogen and oxygen atoms in total. The van der Waals surface area contributed by atoms with Crippen molar-refractivity contribution in [2.45, 2.75) is 25.5 Å². The molecule has 1 amide bonds. The summed E-state index contributed by atoms with van der Waals surface area (Å²) in [5, 5.41) is 2.32. The van der Waals surface area contributed by atoms with E-state index >= 15 is 0 Å². The zero-order valence-corrected chi connectivity index (χ0v) is 15.4. The van der Waals surface area contributed by atoms with Crippen LogP contribution in [0, 0.1) is 0 Å². The number of ether oxygens (including phenoxy) is 2. The molecule has 1 fully saturated rings. The Morgan fingerprint density at radius 2 is 1.75 bits per heavy atom. The molecule has 0 aromatic heterocycles. The van der Waals surface area contributed by atoms with Crippen molar-refractivity contribution < 1.29 is 19.1 Å². The molecule has 1 aliphatic rings. The van der Waals surface area contributed by atoms with E-state index in [4.69, 9.17) is 9.47 Å². The molecule has 1 heterocycles. The Morgan fingerprint density at radius 3 is 2.61 bits per heavy atom. The Hall–Kier alpha value is -3.34. The van der Waals surface area contributed by atoms with Gasteiger partial charge in [0, 0.05) is 0 Å². The van der Waals surface area contributed by atoms with E-state index in [2.05, 4.69) is 24.3 Å². The summed E-state index contributed by atoms with van der Waals surface area (Å²) in [4.78, 5) is 26.0. The maximum absolute atomic E-state index is 12.5. The maximum Gasteiger partial charge on any atom is 0.413 e. The number of nitrogens with zero attached hydrogens (tertiary/aromatic N) is 1. The fourth-order valence-corrected chi connectivity index (χ4v) is 3.51. The van der Waals surface area contributed by atoms with Gasteiger partial charge in [-0.05, 0) is 34.7 Å². The zero-order chi connectivity index (χ0) is 19.3. The first-order chi connectivity index (χ1) is 13.7. The van der Waals surface area contributed by atoms with Crippen LogP contribution in [0.3, 0.4) is 0 Å². The van der Waals surface area contributed by atoms with Gasteiger partial charge in [-0.2, -0.15) is 0 Å². The van der Waals surface area contributed by atoms with Crippen LogP contribution in [0.25, 0.3) is 10.8 Å². The summed E-state index contributed by atoms with van der Waals surface area (Å²) in [5.41, 5.74) is 2.05. The molecular formula is C23H21NO4. The molecule has 0 radical (unpaired) electrons. The highest BCUT2D eigenvalue weighted by atomic mass is 16.6. The van der Waals surface area contributed by atoms with Crippen LogP contribution in [0.1, 0.15) is 17.5 Å². The van der Waals surface area contributed by atoms with Gasteiger partial charge in [0.15, 0.2) is 6.73 Å². The van der Waals surface area contributed by atoms with Crippen molar-refractivity contribution in [2.24, 2.45) is 0 Å². The molecule has 0 spiro atoms. The van der Waals surface area contributed by atoms with Gasteiger partial charge in [0.2, 0.25) is 0 Å². The standard InChI is InChI=1S/C23H21NO4/c25-22-21(14-13-19-11-6-10-18-9-4-5-12-20(18)19)24(16-28-22)23(26)27-15-17-7-2-1-3-8-17/h1-12,21H,13-16H2/t21-/m0/s1. The van der Waals surface area contributed by atoms with Gasteiger partial charge < -0.3 is 9.47 Å². The van der Waals surface area contributed by atoms with Gasteiger partial charge in [0.05, 0.1) is 0 Å². The predicted molar refractivity (Wildman–Crippen MR) is 105 cm³/mol. The number of aryl methyl sites for hydroxylation is 1. The third-order valence-corrected chi connectivity index (χ3v) is 5.00. The SMILES string of the molecule is O=C1OCN(C(=O)OCc2ccccc2)[C@H]1CCc1cccc2ccccc12. The van der Waals surface area contributed by atoms with Gasteiger partial charge in [-0.1, -0.05) is 72.8 Å². The summed E-state index contributed by atoms with van der Waals surface area (Å²) < 4.78 is 10.5. The van der Waals surface area contributed by atoms with Crippen LogP contribution in [0.2, 0.25) is 0 Å². The Labute approximate surface area is 163 Å². The molecule has 5 heteroatoms. The van der Waals surface area contributed by atoms with Gasteiger partial charge in [-0.15, -0.1) is 0 Å². The molecule has 0 saturated carbocycles. The van der Waals surface area contributed by atoms with Crippen LogP contribution in [-0.2, 0) is 27.3 Å². The molecule has 3 aromatic carbocycles. The molecular weight excluding hydrogens is 354 g/mol. The third kappa shape index (κ3) is 3.83. The lowest BCUT2D eigenvalue weighted by atomic mass is 9.99. The van der Waals surface area contributed by atoms with Gasteiger partial charge in [-0.3, -0.25) is 4.90 Å². The predicted octanol–water partition coefficient (Wildman–Crippen LogP) is 4.29. The smallest absolute Gasteiger partial charge is 0.413 e. The van der Waals surface area contributed by atoms with Crippen LogP contribution in [0.5, 0.6) is 0 Å². The number of esters is 1. The first kappa shape index (κ1) is 18.0. The molecule has 28 heavy (non-hydrogen) atoms. The van der Waals surface area contributed by atoms with Crippen molar-refractivity contribution in [1.29, 1.82) is 0 Å². The summed E-state index contributed by atoms with van der Waals surface area (Å²) in [5.74, 6) is -0.378. The monoisotopic (exact) mass is 375 g/mol. The van der Waals surface area contributed by atoms with Crippen molar-refractivity contribution >= 4 is 22.8 Å². The van der Waals surface area contributed by atoms with Crippen molar-refractivity contribution in [3.63, 3.8) is 0 Å². The van der Waals surface area contributed by atoms with Gasteiger partial charge in [0.1, 0.15) is 12.6 Å².